The second kappa shape index (κ2) is 1.97. The van der Waals surface area contributed by atoms with Crippen LogP contribution in [0, 0.1) is 0 Å². The van der Waals surface area contributed by atoms with Gasteiger partial charge >= 0.3 is 0 Å². The molecule has 2 aliphatic rings. The van der Waals surface area contributed by atoms with Crippen LogP contribution in [0.5, 0.6) is 0 Å². The Morgan fingerprint density at radius 3 is 3.30 bits per heavy atom. The van der Waals surface area contributed by atoms with Gasteiger partial charge in [0.25, 0.3) is 11.9 Å². The van der Waals surface area contributed by atoms with Crippen molar-refractivity contribution in [1.29, 1.82) is 0 Å². The lowest BCUT2D eigenvalue weighted by Crippen LogP contribution is -2.32. The predicted molar refractivity (Wildman–Crippen MR) is 34.6 cm³/mol. The fourth-order valence-electron chi connectivity index (χ4n) is 1.14. The van der Waals surface area contributed by atoms with Crippen LogP contribution >= 0.6 is 0 Å². The molecular weight excluding hydrogens is 132 g/mol. The van der Waals surface area contributed by atoms with Crippen LogP contribution in [0.1, 0.15) is 6.42 Å². The van der Waals surface area contributed by atoms with Crippen molar-refractivity contribution >= 4 is 11.9 Å². The number of aliphatic imine (C=N–C) groups is 1. The summed E-state index contributed by atoms with van der Waals surface area (Å²) in [7, 11) is 0. The zero-order valence-electron chi connectivity index (χ0n) is 5.54. The number of carbonyl (C=O) groups excluding carboxylic acids is 1. The zero-order chi connectivity index (χ0) is 6.97. The van der Waals surface area contributed by atoms with Gasteiger partial charge in [-0.3, -0.25) is 4.79 Å². The standard InChI is InChI=1S/C6H8N2O2/c9-5-1-2-8-3-4-10-6(8)7-5/h1-4H2. The molecule has 0 aliphatic carbocycles. The number of hydrogen-bond donors (Lipinski definition) is 0. The third-order valence-electron chi connectivity index (χ3n) is 1.68. The highest BCUT2D eigenvalue weighted by atomic mass is 16.5. The van der Waals surface area contributed by atoms with Gasteiger partial charge in [-0.25, -0.2) is 0 Å². The molecule has 1 saturated heterocycles. The van der Waals surface area contributed by atoms with Crippen molar-refractivity contribution in [3.63, 3.8) is 0 Å². The summed E-state index contributed by atoms with van der Waals surface area (Å²) < 4.78 is 5.08. The summed E-state index contributed by atoms with van der Waals surface area (Å²) in [5.41, 5.74) is 0. The van der Waals surface area contributed by atoms with E-state index in [0.29, 0.717) is 19.0 Å². The highest BCUT2D eigenvalue weighted by Crippen LogP contribution is 2.09. The monoisotopic (exact) mass is 140 g/mol. The van der Waals surface area contributed by atoms with Crippen LogP contribution in [-0.4, -0.2) is 36.5 Å². The SMILES string of the molecule is O=C1CCN2CCOC2=N1. The van der Waals surface area contributed by atoms with Crippen LogP contribution in [0.2, 0.25) is 0 Å². The predicted octanol–water partition coefficient (Wildman–Crippen LogP) is -0.395. The van der Waals surface area contributed by atoms with Gasteiger partial charge in [-0.1, -0.05) is 0 Å². The normalized spacial score (nSPS) is 23.8. The second-order valence-electron chi connectivity index (χ2n) is 2.37. The number of carbonyl (C=O) groups is 1. The third kappa shape index (κ3) is 0.761. The van der Waals surface area contributed by atoms with Crippen LogP contribution in [-0.2, 0) is 9.53 Å². The van der Waals surface area contributed by atoms with E-state index in [1.165, 1.54) is 0 Å². The maximum atomic E-state index is 10.7. The minimum Gasteiger partial charge on any atom is -0.463 e. The molecule has 0 aromatic heterocycles. The highest BCUT2D eigenvalue weighted by molar-refractivity contribution is 5.93. The van der Waals surface area contributed by atoms with Crippen molar-refractivity contribution in [1.82, 2.24) is 4.90 Å². The van der Waals surface area contributed by atoms with Gasteiger partial charge in [0, 0.05) is 13.0 Å². The average molecular weight is 140 g/mol. The molecule has 0 bridgehead atoms. The van der Waals surface area contributed by atoms with E-state index in [2.05, 4.69) is 4.99 Å². The molecule has 4 heteroatoms. The summed E-state index contributed by atoms with van der Waals surface area (Å²) in [5.74, 6) is -0.0619. The van der Waals surface area contributed by atoms with E-state index in [4.69, 9.17) is 4.74 Å². The van der Waals surface area contributed by atoms with Crippen molar-refractivity contribution in [2.24, 2.45) is 4.99 Å². The smallest absolute Gasteiger partial charge is 0.295 e. The van der Waals surface area contributed by atoms with E-state index in [0.717, 1.165) is 13.1 Å². The van der Waals surface area contributed by atoms with Crippen molar-refractivity contribution in [3.05, 3.63) is 0 Å². The maximum absolute atomic E-state index is 10.7. The number of ether oxygens (including phenoxy) is 1. The number of rotatable bonds is 0. The Morgan fingerprint density at radius 2 is 2.40 bits per heavy atom. The topological polar surface area (TPSA) is 41.9 Å². The van der Waals surface area contributed by atoms with Crippen LogP contribution in [0.4, 0.5) is 0 Å². The van der Waals surface area contributed by atoms with E-state index in [1.54, 1.807) is 0 Å². The summed E-state index contributed by atoms with van der Waals surface area (Å²) in [5, 5.41) is 0. The van der Waals surface area contributed by atoms with E-state index in [-0.39, 0.29) is 5.91 Å². The van der Waals surface area contributed by atoms with Gasteiger partial charge in [-0.05, 0) is 0 Å². The minimum atomic E-state index is -0.0619. The maximum Gasteiger partial charge on any atom is 0.295 e. The highest BCUT2D eigenvalue weighted by Gasteiger charge is 2.25. The molecule has 0 radical (unpaired) electrons. The van der Waals surface area contributed by atoms with Crippen molar-refractivity contribution in [2.45, 2.75) is 6.42 Å². The largest absolute Gasteiger partial charge is 0.463 e. The molecule has 0 N–H and O–H groups in total. The Bertz CT molecular complexity index is 200. The fraction of sp³-hybridized carbons (Fsp3) is 0.667. The lowest BCUT2D eigenvalue weighted by atomic mass is 10.3. The van der Waals surface area contributed by atoms with E-state index in [9.17, 15) is 4.79 Å². The molecule has 10 heavy (non-hydrogen) atoms. The van der Waals surface area contributed by atoms with Gasteiger partial charge in [0.1, 0.15) is 6.61 Å². The van der Waals surface area contributed by atoms with Gasteiger partial charge < -0.3 is 9.64 Å². The number of nitrogens with zero attached hydrogens (tertiary/aromatic N) is 2. The first kappa shape index (κ1) is 5.70. The Balaban J connectivity index is 2.23. The molecule has 1 fully saturated rings. The summed E-state index contributed by atoms with van der Waals surface area (Å²) in [6, 6.07) is 0.524. The Kier molecular flexibility index (Phi) is 1.12. The summed E-state index contributed by atoms with van der Waals surface area (Å²) >= 11 is 0. The lowest BCUT2D eigenvalue weighted by molar-refractivity contribution is -0.118. The van der Waals surface area contributed by atoms with Gasteiger partial charge in [-0.15, -0.1) is 0 Å². The van der Waals surface area contributed by atoms with Crippen LogP contribution in [0.3, 0.4) is 0 Å². The molecule has 0 saturated carbocycles. The zero-order valence-corrected chi connectivity index (χ0v) is 5.54. The average Bonchev–Trinajstić information content (AvgIpc) is 2.33. The van der Waals surface area contributed by atoms with Crippen LogP contribution in [0.25, 0.3) is 0 Å². The molecule has 0 spiro atoms. The molecule has 2 rings (SSSR count). The molecule has 2 aliphatic heterocycles. The van der Waals surface area contributed by atoms with Crippen molar-refractivity contribution in [2.75, 3.05) is 19.7 Å². The molecule has 4 nitrogen and oxygen atoms in total. The van der Waals surface area contributed by atoms with E-state index in [1.807, 2.05) is 4.90 Å². The van der Waals surface area contributed by atoms with Gasteiger partial charge in [0.15, 0.2) is 0 Å². The molecule has 0 unspecified atom stereocenters. The number of amidine groups is 1. The fourth-order valence-corrected chi connectivity index (χ4v) is 1.14. The van der Waals surface area contributed by atoms with Gasteiger partial charge in [0.05, 0.1) is 6.54 Å². The summed E-state index contributed by atoms with van der Waals surface area (Å²) in [6.07, 6.45) is 0.535. The van der Waals surface area contributed by atoms with E-state index >= 15 is 0 Å². The van der Waals surface area contributed by atoms with E-state index < -0.39 is 0 Å². The first-order valence-corrected chi connectivity index (χ1v) is 3.35. The van der Waals surface area contributed by atoms with Crippen molar-refractivity contribution in [3.8, 4) is 0 Å². The third-order valence-corrected chi connectivity index (χ3v) is 1.68. The summed E-state index contributed by atoms with van der Waals surface area (Å²) in [4.78, 5) is 16.4. The minimum absolute atomic E-state index is 0.0619. The van der Waals surface area contributed by atoms with Gasteiger partial charge in [0.2, 0.25) is 0 Å². The Labute approximate surface area is 58.5 Å². The Morgan fingerprint density at radius 1 is 1.50 bits per heavy atom. The second-order valence-corrected chi connectivity index (χ2v) is 2.37. The lowest BCUT2D eigenvalue weighted by Gasteiger charge is -2.17. The summed E-state index contributed by atoms with van der Waals surface area (Å²) in [6.45, 7) is 2.33. The molecule has 0 atom stereocenters. The molecule has 54 valence electrons. The molecule has 1 amide bonds. The molecule has 0 aromatic carbocycles. The first-order chi connectivity index (χ1) is 4.86. The number of hydrogen-bond acceptors (Lipinski definition) is 3. The van der Waals surface area contributed by atoms with Crippen LogP contribution in [0.15, 0.2) is 4.99 Å². The molecule has 2 heterocycles. The first-order valence-electron chi connectivity index (χ1n) is 3.35. The van der Waals surface area contributed by atoms with Crippen molar-refractivity contribution < 1.29 is 9.53 Å². The number of amides is 1. The molecule has 0 aromatic rings. The molecular formula is C6H8N2O2. The Hall–Kier alpha value is -1.06. The van der Waals surface area contributed by atoms with Crippen LogP contribution < -0.4 is 0 Å². The quantitative estimate of drug-likeness (QED) is 0.460. The van der Waals surface area contributed by atoms with Gasteiger partial charge in [-0.2, -0.15) is 4.99 Å². The number of fused-ring (bicyclic) bond motifs is 1.